The summed E-state index contributed by atoms with van der Waals surface area (Å²) in [6.07, 6.45) is 8.92. The highest BCUT2D eigenvalue weighted by Crippen LogP contribution is 2.33. The minimum absolute atomic E-state index is 0.609. The monoisotopic (exact) mass is 185 g/mol. The van der Waals surface area contributed by atoms with Crippen LogP contribution >= 0.6 is 0 Å². The van der Waals surface area contributed by atoms with Gasteiger partial charge in [-0.3, -0.25) is 0 Å². The molecule has 0 amide bonds. The molecule has 0 atom stereocenters. The van der Waals surface area contributed by atoms with E-state index in [-0.39, 0.29) is 0 Å². The van der Waals surface area contributed by atoms with Crippen LogP contribution in [-0.4, -0.2) is 18.3 Å². The quantitative estimate of drug-likeness (QED) is 0.713. The Morgan fingerprint density at radius 2 is 1.69 bits per heavy atom. The molecular formula is C11H20FN. The topological polar surface area (TPSA) is 12.0 Å². The fourth-order valence-corrected chi connectivity index (χ4v) is 2.64. The molecule has 13 heavy (non-hydrogen) atoms. The minimum atomic E-state index is -0.859. The van der Waals surface area contributed by atoms with Crippen molar-refractivity contribution in [2.24, 2.45) is 0 Å². The molecule has 0 aromatic carbocycles. The summed E-state index contributed by atoms with van der Waals surface area (Å²) in [5.74, 6) is 0. The third kappa shape index (κ3) is 2.43. The average molecular weight is 185 g/mol. The first-order valence-corrected chi connectivity index (χ1v) is 5.71. The van der Waals surface area contributed by atoms with Gasteiger partial charge in [-0.15, -0.1) is 0 Å². The van der Waals surface area contributed by atoms with E-state index in [1.54, 1.807) is 0 Å². The summed E-state index contributed by atoms with van der Waals surface area (Å²) in [4.78, 5) is 0. The Labute approximate surface area is 80.1 Å². The van der Waals surface area contributed by atoms with Gasteiger partial charge in [0.1, 0.15) is 5.67 Å². The molecule has 2 saturated carbocycles. The largest absolute Gasteiger partial charge is 0.311 e. The summed E-state index contributed by atoms with van der Waals surface area (Å²) in [5.41, 5.74) is -0.859. The lowest BCUT2D eigenvalue weighted by molar-refractivity contribution is 0.162. The van der Waals surface area contributed by atoms with Gasteiger partial charge in [0.25, 0.3) is 0 Å². The lowest BCUT2D eigenvalue weighted by Crippen LogP contribution is -2.38. The predicted molar refractivity (Wildman–Crippen MR) is 52.6 cm³/mol. The van der Waals surface area contributed by atoms with Gasteiger partial charge in [0, 0.05) is 12.6 Å². The van der Waals surface area contributed by atoms with E-state index < -0.39 is 5.67 Å². The van der Waals surface area contributed by atoms with Crippen molar-refractivity contribution >= 4 is 0 Å². The molecule has 76 valence electrons. The average Bonchev–Trinajstić information content (AvgIpc) is 2.72. The van der Waals surface area contributed by atoms with Gasteiger partial charge in [0.15, 0.2) is 0 Å². The van der Waals surface area contributed by atoms with Crippen LogP contribution in [-0.2, 0) is 0 Å². The van der Waals surface area contributed by atoms with E-state index in [1.165, 1.54) is 25.7 Å². The maximum Gasteiger partial charge on any atom is 0.123 e. The Kier molecular flexibility index (Phi) is 2.87. The van der Waals surface area contributed by atoms with E-state index in [0.717, 1.165) is 25.7 Å². The van der Waals surface area contributed by atoms with Gasteiger partial charge >= 0.3 is 0 Å². The van der Waals surface area contributed by atoms with Crippen molar-refractivity contribution < 1.29 is 4.39 Å². The molecule has 1 nitrogen and oxygen atoms in total. The molecule has 0 unspecified atom stereocenters. The molecule has 2 rings (SSSR count). The van der Waals surface area contributed by atoms with Gasteiger partial charge in [0.05, 0.1) is 0 Å². The number of halogens is 1. The zero-order chi connectivity index (χ0) is 9.15. The summed E-state index contributed by atoms with van der Waals surface area (Å²) in [7, 11) is 0. The van der Waals surface area contributed by atoms with E-state index in [0.29, 0.717) is 12.6 Å². The number of hydrogen-bond acceptors (Lipinski definition) is 1. The number of rotatable bonds is 3. The van der Waals surface area contributed by atoms with Crippen LogP contribution in [0.4, 0.5) is 4.39 Å². The fraction of sp³-hybridized carbons (Fsp3) is 1.00. The molecule has 0 heterocycles. The number of hydrogen-bond donors (Lipinski definition) is 1. The molecule has 1 N–H and O–H groups in total. The molecule has 0 radical (unpaired) electrons. The fourth-order valence-electron chi connectivity index (χ4n) is 2.64. The van der Waals surface area contributed by atoms with Crippen LogP contribution in [0.3, 0.4) is 0 Å². The van der Waals surface area contributed by atoms with Crippen molar-refractivity contribution in [1.82, 2.24) is 5.32 Å². The molecule has 2 heteroatoms. The first kappa shape index (κ1) is 9.45. The van der Waals surface area contributed by atoms with E-state index in [9.17, 15) is 4.39 Å². The molecule has 0 aromatic rings. The first-order valence-electron chi connectivity index (χ1n) is 5.71. The lowest BCUT2D eigenvalue weighted by atomic mass is 10.0. The highest BCUT2D eigenvalue weighted by molar-refractivity contribution is 4.88. The van der Waals surface area contributed by atoms with Gasteiger partial charge in [-0.2, -0.15) is 0 Å². The van der Waals surface area contributed by atoms with Gasteiger partial charge in [-0.25, -0.2) is 4.39 Å². The van der Waals surface area contributed by atoms with Crippen LogP contribution in [0.5, 0.6) is 0 Å². The van der Waals surface area contributed by atoms with Crippen LogP contribution < -0.4 is 5.32 Å². The van der Waals surface area contributed by atoms with Crippen LogP contribution in [0.1, 0.15) is 51.4 Å². The van der Waals surface area contributed by atoms with Crippen LogP contribution in [0.25, 0.3) is 0 Å². The second-order valence-corrected chi connectivity index (χ2v) is 4.72. The Bertz CT molecular complexity index is 157. The van der Waals surface area contributed by atoms with E-state index in [4.69, 9.17) is 0 Å². The first-order chi connectivity index (χ1) is 6.29. The summed E-state index contributed by atoms with van der Waals surface area (Å²) >= 11 is 0. The summed E-state index contributed by atoms with van der Waals surface area (Å²) < 4.78 is 13.9. The van der Waals surface area contributed by atoms with Gasteiger partial charge < -0.3 is 5.32 Å². The second-order valence-electron chi connectivity index (χ2n) is 4.72. The van der Waals surface area contributed by atoms with Crippen LogP contribution in [0.2, 0.25) is 0 Å². The Morgan fingerprint density at radius 1 is 1.08 bits per heavy atom. The molecule has 2 aliphatic carbocycles. The Morgan fingerprint density at radius 3 is 2.31 bits per heavy atom. The molecule has 2 aliphatic rings. The zero-order valence-electron chi connectivity index (χ0n) is 8.32. The normalized spacial score (nSPS) is 28.4. The van der Waals surface area contributed by atoms with Crippen molar-refractivity contribution in [1.29, 1.82) is 0 Å². The Hall–Kier alpha value is -0.110. The molecule has 0 aliphatic heterocycles. The van der Waals surface area contributed by atoms with Crippen molar-refractivity contribution in [3.8, 4) is 0 Å². The van der Waals surface area contributed by atoms with Crippen molar-refractivity contribution in [2.45, 2.75) is 63.1 Å². The second kappa shape index (κ2) is 3.95. The highest BCUT2D eigenvalue weighted by Gasteiger charge is 2.33. The molecule has 0 spiro atoms. The van der Waals surface area contributed by atoms with Crippen molar-refractivity contribution in [2.75, 3.05) is 6.54 Å². The van der Waals surface area contributed by atoms with Crippen molar-refractivity contribution in [3.05, 3.63) is 0 Å². The maximum absolute atomic E-state index is 13.9. The predicted octanol–water partition coefficient (Wildman–Crippen LogP) is 2.80. The SMILES string of the molecule is FC1(CNC2CCCC2)CCCC1. The zero-order valence-corrected chi connectivity index (χ0v) is 8.32. The smallest absolute Gasteiger partial charge is 0.123 e. The Balaban J connectivity index is 1.71. The molecule has 0 aromatic heterocycles. The van der Waals surface area contributed by atoms with E-state index in [1.807, 2.05) is 0 Å². The standard InChI is InChI=1S/C11H20FN/c12-11(7-3-4-8-11)9-13-10-5-1-2-6-10/h10,13H,1-9H2. The molecule has 0 bridgehead atoms. The van der Waals surface area contributed by atoms with Crippen LogP contribution in [0.15, 0.2) is 0 Å². The third-order valence-electron chi connectivity index (χ3n) is 3.56. The van der Waals surface area contributed by atoms with Crippen molar-refractivity contribution in [3.63, 3.8) is 0 Å². The van der Waals surface area contributed by atoms with Crippen LogP contribution in [0, 0.1) is 0 Å². The van der Waals surface area contributed by atoms with Gasteiger partial charge in [-0.1, -0.05) is 25.7 Å². The van der Waals surface area contributed by atoms with E-state index in [2.05, 4.69) is 5.32 Å². The molecule has 2 fully saturated rings. The highest BCUT2D eigenvalue weighted by atomic mass is 19.1. The third-order valence-corrected chi connectivity index (χ3v) is 3.56. The summed E-state index contributed by atoms with van der Waals surface area (Å²) in [5, 5.41) is 3.39. The summed E-state index contributed by atoms with van der Waals surface area (Å²) in [6, 6.07) is 0.619. The maximum atomic E-state index is 13.9. The lowest BCUT2D eigenvalue weighted by Gasteiger charge is -2.22. The molecule has 0 saturated heterocycles. The van der Waals surface area contributed by atoms with Gasteiger partial charge in [0.2, 0.25) is 0 Å². The number of nitrogens with one attached hydrogen (secondary N) is 1. The van der Waals surface area contributed by atoms with Gasteiger partial charge in [-0.05, 0) is 25.7 Å². The number of alkyl halides is 1. The minimum Gasteiger partial charge on any atom is -0.311 e. The summed E-state index contributed by atoms with van der Waals surface area (Å²) in [6.45, 7) is 0.609. The molecular weight excluding hydrogens is 165 g/mol. The van der Waals surface area contributed by atoms with E-state index >= 15 is 0 Å².